The minimum atomic E-state index is -0.503. The van der Waals surface area contributed by atoms with Crippen molar-refractivity contribution in [3.63, 3.8) is 0 Å². The number of amides is 1. The highest BCUT2D eigenvalue weighted by atomic mass is 32.1. The number of nitrogens with one attached hydrogen (secondary N) is 1. The van der Waals surface area contributed by atoms with E-state index in [0.29, 0.717) is 27.6 Å². The van der Waals surface area contributed by atoms with Gasteiger partial charge in [0.05, 0.1) is 43.6 Å². The number of thiophene rings is 1. The van der Waals surface area contributed by atoms with Gasteiger partial charge < -0.3 is 19.2 Å². The van der Waals surface area contributed by atoms with Crippen LogP contribution in [0.25, 0.3) is 0 Å². The third kappa shape index (κ3) is 4.75. The molecule has 0 bridgehead atoms. The Kier molecular flexibility index (Phi) is 6.74. The van der Waals surface area contributed by atoms with Gasteiger partial charge in [-0.1, -0.05) is 0 Å². The molecular weight excluding hydrogens is 446 g/mol. The number of furan rings is 1. The fraction of sp³-hybridized carbons (Fsp3) is 0.304. The summed E-state index contributed by atoms with van der Waals surface area (Å²) in [6.07, 6.45) is 6.85. The molecule has 0 fully saturated rings. The Morgan fingerprint density at radius 3 is 2.82 bits per heavy atom. The van der Waals surface area contributed by atoms with Gasteiger partial charge in [0.1, 0.15) is 10.8 Å². The van der Waals surface area contributed by atoms with Crippen LogP contribution in [0.3, 0.4) is 0 Å². The van der Waals surface area contributed by atoms with Crippen LogP contribution in [0.15, 0.2) is 39.9 Å². The fourth-order valence-electron chi connectivity index (χ4n) is 3.85. The number of methoxy groups -OCH3 is 2. The molecular formula is C23H23N3O6S. The molecule has 1 N–H and O–H groups in total. The predicted octanol–water partition coefficient (Wildman–Crippen LogP) is 4.83. The zero-order valence-corrected chi connectivity index (χ0v) is 19.1. The summed E-state index contributed by atoms with van der Waals surface area (Å²) in [5.74, 6) is 1.000. The maximum Gasteiger partial charge on any atom is 0.274 e. The Balaban J connectivity index is 1.71. The molecule has 0 radical (unpaired) electrons. The molecule has 9 nitrogen and oxygen atoms in total. The summed E-state index contributed by atoms with van der Waals surface area (Å²) in [4.78, 5) is 29.7. The summed E-state index contributed by atoms with van der Waals surface area (Å²) in [6.45, 7) is 0.273. The number of hydrogen-bond acceptors (Lipinski definition) is 8. The van der Waals surface area contributed by atoms with Crippen LogP contribution < -0.4 is 14.8 Å². The van der Waals surface area contributed by atoms with Crippen LogP contribution in [0.4, 0.5) is 10.7 Å². The number of aryl methyl sites for hydroxylation is 1. The number of nitro groups is 1. The van der Waals surface area contributed by atoms with E-state index in [1.165, 1.54) is 43.9 Å². The van der Waals surface area contributed by atoms with Crippen LogP contribution in [-0.4, -0.2) is 31.3 Å². The maximum atomic E-state index is 13.1. The SMILES string of the molecule is COc1cc([N+](=O)[O-])cc(C=Nc2sc3c(c2C(=O)NCc2ccco2)CCCC3)c1OC. The normalized spacial score (nSPS) is 13.0. The van der Waals surface area contributed by atoms with Gasteiger partial charge >= 0.3 is 0 Å². The predicted molar refractivity (Wildman–Crippen MR) is 124 cm³/mol. The van der Waals surface area contributed by atoms with E-state index in [2.05, 4.69) is 10.3 Å². The lowest BCUT2D eigenvalue weighted by Crippen LogP contribution is -2.23. The number of fused-ring (bicyclic) bond motifs is 1. The van der Waals surface area contributed by atoms with Gasteiger partial charge in [0.15, 0.2) is 11.5 Å². The molecule has 0 saturated heterocycles. The molecule has 4 rings (SSSR count). The first-order valence-corrected chi connectivity index (χ1v) is 11.2. The second kappa shape index (κ2) is 9.86. The number of rotatable bonds is 8. The number of ether oxygens (including phenoxy) is 2. The molecule has 1 aliphatic carbocycles. The van der Waals surface area contributed by atoms with Crippen LogP contribution in [0.5, 0.6) is 11.5 Å². The van der Waals surface area contributed by atoms with Gasteiger partial charge in [0, 0.05) is 22.7 Å². The Bertz CT molecular complexity index is 1200. The maximum absolute atomic E-state index is 13.1. The van der Waals surface area contributed by atoms with E-state index in [9.17, 15) is 14.9 Å². The van der Waals surface area contributed by atoms with Crippen molar-refractivity contribution in [3.8, 4) is 11.5 Å². The summed E-state index contributed by atoms with van der Waals surface area (Å²) in [7, 11) is 2.87. The van der Waals surface area contributed by atoms with Gasteiger partial charge in [-0.15, -0.1) is 11.3 Å². The Labute approximate surface area is 194 Å². The molecule has 2 heterocycles. The van der Waals surface area contributed by atoms with Crippen molar-refractivity contribution >= 4 is 34.1 Å². The molecule has 3 aromatic rings. The first-order valence-electron chi connectivity index (χ1n) is 10.4. The van der Waals surface area contributed by atoms with Crippen molar-refractivity contribution in [2.45, 2.75) is 32.2 Å². The van der Waals surface area contributed by atoms with E-state index in [1.54, 1.807) is 18.4 Å². The quantitative estimate of drug-likeness (QED) is 0.287. The summed E-state index contributed by atoms with van der Waals surface area (Å²) in [6, 6.07) is 6.23. The van der Waals surface area contributed by atoms with E-state index in [-0.39, 0.29) is 23.9 Å². The number of non-ortho nitro benzene ring substituents is 1. The van der Waals surface area contributed by atoms with Crippen LogP contribution in [-0.2, 0) is 19.4 Å². The molecule has 33 heavy (non-hydrogen) atoms. The van der Waals surface area contributed by atoms with Gasteiger partial charge in [-0.25, -0.2) is 4.99 Å². The molecule has 0 atom stereocenters. The number of aliphatic imine (C=N–C) groups is 1. The second-order valence-electron chi connectivity index (χ2n) is 7.44. The van der Waals surface area contributed by atoms with Crippen molar-refractivity contribution in [1.29, 1.82) is 0 Å². The van der Waals surface area contributed by atoms with Crippen molar-refractivity contribution in [3.05, 3.63) is 68.0 Å². The third-order valence-electron chi connectivity index (χ3n) is 5.41. The summed E-state index contributed by atoms with van der Waals surface area (Å²) in [5, 5.41) is 14.8. The molecule has 0 unspecified atom stereocenters. The lowest BCUT2D eigenvalue weighted by atomic mass is 9.95. The van der Waals surface area contributed by atoms with E-state index < -0.39 is 4.92 Å². The van der Waals surface area contributed by atoms with E-state index in [4.69, 9.17) is 13.9 Å². The zero-order chi connectivity index (χ0) is 23.4. The largest absolute Gasteiger partial charge is 0.493 e. The number of benzene rings is 1. The Morgan fingerprint density at radius 1 is 1.30 bits per heavy atom. The van der Waals surface area contributed by atoms with Gasteiger partial charge in [-0.05, 0) is 43.4 Å². The van der Waals surface area contributed by atoms with Gasteiger partial charge in [0.2, 0.25) is 0 Å². The molecule has 1 aliphatic rings. The Hall–Kier alpha value is -3.66. The summed E-state index contributed by atoms with van der Waals surface area (Å²) < 4.78 is 16.0. The van der Waals surface area contributed by atoms with Crippen LogP contribution in [0.1, 0.15) is 45.0 Å². The molecule has 10 heteroatoms. The first-order chi connectivity index (χ1) is 16.0. The van der Waals surface area contributed by atoms with Gasteiger partial charge in [0.25, 0.3) is 11.6 Å². The number of nitrogens with zero attached hydrogens (tertiary/aromatic N) is 2. The third-order valence-corrected chi connectivity index (χ3v) is 6.61. The highest BCUT2D eigenvalue weighted by Crippen LogP contribution is 2.41. The molecule has 1 aromatic carbocycles. The molecule has 0 spiro atoms. The van der Waals surface area contributed by atoms with Crippen LogP contribution in [0, 0.1) is 10.1 Å². The second-order valence-corrected chi connectivity index (χ2v) is 8.52. The lowest BCUT2D eigenvalue weighted by molar-refractivity contribution is -0.385. The molecule has 0 aliphatic heterocycles. The highest BCUT2D eigenvalue weighted by molar-refractivity contribution is 7.16. The smallest absolute Gasteiger partial charge is 0.274 e. The minimum absolute atomic E-state index is 0.143. The standard InChI is InChI=1S/C23H23N3O6S/c1-30-18-11-15(26(28)29)10-14(21(18)31-2)12-25-23-20(17-7-3-4-8-19(17)33-23)22(27)24-13-16-6-5-9-32-16/h5-6,9-12H,3-4,7-8,13H2,1-2H3,(H,24,27). The van der Waals surface area contributed by atoms with Crippen molar-refractivity contribution in [2.24, 2.45) is 4.99 Å². The fourth-order valence-corrected chi connectivity index (χ4v) is 5.08. The zero-order valence-electron chi connectivity index (χ0n) is 18.3. The summed E-state index contributed by atoms with van der Waals surface area (Å²) >= 11 is 1.48. The van der Waals surface area contributed by atoms with Gasteiger partial charge in [-0.3, -0.25) is 14.9 Å². The van der Waals surface area contributed by atoms with Crippen molar-refractivity contribution < 1.29 is 23.6 Å². The molecule has 172 valence electrons. The number of carbonyl (C=O) groups excluding carboxylic acids is 1. The van der Waals surface area contributed by atoms with Gasteiger partial charge in [-0.2, -0.15) is 0 Å². The first kappa shape index (κ1) is 22.5. The van der Waals surface area contributed by atoms with E-state index in [0.717, 1.165) is 36.1 Å². The molecule has 0 saturated carbocycles. The average molecular weight is 470 g/mol. The summed E-state index contributed by atoms with van der Waals surface area (Å²) in [5.41, 5.74) is 1.82. The van der Waals surface area contributed by atoms with Crippen LogP contribution >= 0.6 is 11.3 Å². The van der Waals surface area contributed by atoms with Crippen molar-refractivity contribution in [1.82, 2.24) is 5.32 Å². The number of carbonyl (C=O) groups is 1. The minimum Gasteiger partial charge on any atom is -0.493 e. The van der Waals surface area contributed by atoms with Crippen LogP contribution in [0.2, 0.25) is 0 Å². The average Bonchev–Trinajstić information content (AvgIpc) is 3.47. The Morgan fingerprint density at radius 2 is 2.12 bits per heavy atom. The lowest BCUT2D eigenvalue weighted by Gasteiger charge is -2.12. The molecule has 1 amide bonds. The molecule has 2 aromatic heterocycles. The number of hydrogen-bond donors (Lipinski definition) is 1. The highest BCUT2D eigenvalue weighted by Gasteiger charge is 2.25. The topological polar surface area (TPSA) is 116 Å². The van der Waals surface area contributed by atoms with E-state index in [1.807, 2.05) is 0 Å². The van der Waals surface area contributed by atoms with E-state index >= 15 is 0 Å². The monoisotopic (exact) mass is 469 g/mol. The van der Waals surface area contributed by atoms with Crippen molar-refractivity contribution in [2.75, 3.05) is 14.2 Å². The number of nitro benzene ring substituents is 1.